The van der Waals surface area contributed by atoms with Gasteiger partial charge in [0.05, 0.1) is 24.3 Å². The number of hydrogen-bond acceptors (Lipinski definition) is 10. The molecule has 1 unspecified atom stereocenters. The Morgan fingerprint density at radius 1 is 1.02 bits per heavy atom. The van der Waals surface area contributed by atoms with Gasteiger partial charge in [0.25, 0.3) is 5.91 Å². The summed E-state index contributed by atoms with van der Waals surface area (Å²) >= 11 is 1.53. The van der Waals surface area contributed by atoms with Crippen molar-refractivity contribution in [1.29, 1.82) is 0 Å². The molecule has 1 saturated carbocycles. The third-order valence-electron chi connectivity index (χ3n) is 9.85. The first-order valence-corrected chi connectivity index (χ1v) is 21.9. The first-order chi connectivity index (χ1) is 25.5. The number of nitrogens with one attached hydrogen (secondary N) is 3. The van der Waals surface area contributed by atoms with E-state index in [1.54, 1.807) is 39.0 Å². The minimum atomic E-state index is -3.80. The molecule has 0 bridgehead atoms. The van der Waals surface area contributed by atoms with Crippen LogP contribution in [-0.4, -0.2) is 96.0 Å². The van der Waals surface area contributed by atoms with Crippen LogP contribution < -0.4 is 20.2 Å². The molecule has 2 aromatic carbocycles. The Hall–Kier alpha value is -2.93. The van der Waals surface area contributed by atoms with Gasteiger partial charge in [0.15, 0.2) is 0 Å². The number of amides is 2. The zero-order valence-corrected chi connectivity index (χ0v) is 34.8. The maximum absolute atomic E-state index is 14.1. The number of esters is 1. The summed E-state index contributed by atoms with van der Waals surface area (Å²) < 4.78 is 30.3. The smallest absolute Gasteiger partial charge is 0.342 e. The number of piperidine rings is 1. The van der Waals surface area contributed by atoms with Gasteiger partial charge in [-0.25, -0.2) is 5.09 Å². The minimum Gasteiger partial charge on any atom is -0.462 e. The number of carbonyl (C=O) groups excluding carboxylic acids is 3. The maximum Gasteiger partial charge on any atom is 0.342 e. The molecule has 12 nitrogen and oxygen atoms in total. The molecule has 54 heavy (non-hydrogen) atoms. The fourth-order valence-electron chi connectivity index (χ4n) is 7.25. The summed E-state index contributed by atoms with van der Waals surface area (Å²) in [6, 6.07) is 12.6. The monoisotopic (exact) mass is 788 g/mol. The molecule has 0 radical (unpaired) electrons. The molecule has 2 aromatic rings. The maximum atomic E-state index is 14.1. The van der Waals surface area contributed by atoms with Crippen molar-refractivity contribution in [2.45, 2.75) is 121 Å². The van der Waals surface area contributed by atoms with Crippen LogP contribution in [0.3, 0.4) is 0 Å². The van der Waals surface area contributed by atoms with Crippen molar-refractivity contribution in [2.24, 2.45) is 11.8 Å². The van der Waals surface area contributed by atoms with Gasteiger partial charge in [-0.1, -0.05) is 43.5 Å². The van der Waals surface area contributed by atoms with Crippen molar-refractivity contribution in [3.63, 3.8) is 0 Å². The molecule has 1 aliphatic carbocycles. The molecular weight excluding hydrogens is 728 g/mol. The zero-order chi connectivity index (χ0) is 39.6. The fraction of sp³-hybridized carbons (Fsp3) is 0.625. The summed E-state index contributed by atoms with van der Waals surface area (Å²) in [6.45, 7) is 13.5. The first kappa shape index (κ1) is 43.8. The Labute approximate surface area is 325 Å². The van der Waals surface area contributed by atoms with E-state index in [0.29, 0.717) is 23.2 Å². The van der Waals surface area contributed by atoms with Crippen LogP contribution in [0.25, 0.3) is 0 Å². The van der Waals surface area contributed by atoms with Crippen LogP contribution in [0, 0.1) is 18.8 Å². The summed E-state index contributed by atoms with van der Waals surface area (Å²) in [5.74, 6) is 0.451. The largest absolute Gasteiger partial charge is 0.462 e. The third kappa shape index (κ3) is 12.8. The van der Waals surface area contributed by atoms with E-state index in [2.05, 4.69) is 20.6 Å². The fourth-order valence-corrected chi connectivity index (χ4v) is 10.0. The molecule has 0 aromatic heterocycles. The average Bonchev–Trinajstić information content (AvgIpc) is 3.10. The van der Waals surface area contributed by atoms with Gasteiger partial charge in [-0.15, -0.1) is 11.8 Å². The Kier molecular flexibility index (Phi) is 16.0. The van der Waals surface area contributed by atoms with Crippen molar-refractivity contribution >= 4 is 37.1 Å². The normalized spacial score (nSPS) is 21.9. The SMILES string of the molecule is COCP(=O)(N[C@@H](C)C(=O)OC(C)C)Oc1cccc(C(=O)N[C@@H](CSc2ccccc2)[C@H](O)CN2C[C@H]3CCCC[C@H]3C[C@H]2C(=O)NC(C)(C)C)c1C. The lowest BCUT2D eigenvalue weighted by atomic mass is 9.72. The number of hydrogen-bond donors (Lipinski definition) is 4. The number of methoxy groups -OCH3 is 1. The van der Waals surface area contributed by atoms with Crippen LogP contribution in [-0.2, 0) is 23.6 Å². The van der Waals surface area contributed by atoms with Crippen molar-refractivity contribution in [3.8, 4) is 5.75 Å². The molecule has 1 aliphatic heterocycles. The van der Waals surface area contributed by atoms with Crippen LogP contribution in [0.15, 0.2) is 53.4 Å². The number of β-amino-alcohol motifs (C(OH)–C–C–N with tert-alkyl or cyclic N) is 1. The van der Waals surface area contributed by atoms with Crippen LogP contribution in [0.4, 0.5) is 0 Å². The van der Waals surface area contributed by atoms with E-state index in [1.165, 1.54) is 38.6 Å². The number of likely N-dealkylation sites (tertiary alicyclic amines) is 1. The highest BCUT2D eigenvalue weighted by Crippen LogP contribution is 2.45. The van der Waals surface area contributed by atoms with E-state index in [4.69, 9.17) is 14.0 Å². The molecule has 4 rings (SSSR count). The van der Waals surface area contributed by atoms with Gasteiger partial charge in [-0.05, 0) is 97.4 Å². The number of benzene rings is 2. The van der Waals surface area contributed by atoms with Crippen molar-refractivity contribution < 1.29 is 38.1 Å². The highest BCUT2D eigenvalue weighted by Gasteiger charge is 2.42. The van der Waals surface area contributed by atoms with E-state index in [9.17, 15) is 24.1 Å². The second-order valence-electron chi connectivity index (χ2n) is 16.0. The summed E-state index contributed by atoms with van der Waals surface area (Å²) in [7, 11) is -2.43. The topological polar surface area (TPSA) is 156 Å². The van der Waals surface area contributed by atoms with Gasteiger partial charge in [0, 0.05) is 47.5 Å². The Bertz CT molecular complexity index is 1610. The van der Waals surface area contributed by atoms with E-state index in [0.717, 1.165) is 30.7 Å². The molecule has 2 amide bonds. The number of thioether (sulfide) groups is 1. The standard InChI is InChI=1S/C40H61N4O8PS/c1-26(2)51-39(48)28(4)43-53(49,25-50-8)52-36-20-14-19-32(27(36)3)37(46)41-33(24-54-31-17-10-9-11-18-31)35(45)23-44-22-30-16-13-12-15-29(30)21-34(44)38(47)42-40(5,6)7/h9-11,14,17-20,26,28-30,33-35,45H,12-13,15-16,21-25H2,1-8H3,(H,41,46)(H,42,47)(H,43,49)/t28-,29-,30+,33-,34-,35+,53?/m0/s1. The average molecular weight is 789 g/mol. The summed E-state index contributed by atoms with van der Waals surface area (Å²) in [4.78, 5) is 43.4. The van der Waals surface area contributed by atoms with Gasteiger partial charge in [0.2, 0.25) is 5.91 Å². The second kappa shape index (κ2) is 19.8. The van der Waals surface area contributed by atoms with Gasteiger partial charge >= 0.3 is 13.5 Å². The van der Waals surface area contributed by atoms with Crippen molar-refractivity contribution in [2.75, 3.05) is 32.3 Å². The zero-order valence-electron chi connectivity index (χ0n) is 33.1. The van der Waals surface area contributed by atoms with Crippen LogP contribution in [0.1, 0.15) is 89.6 Å². The van der Waals surface area contributed by atoms with Crippen LogP contribution in [0.2, 0.25) is 0 Å². The lowest BCUT2D eigenvalue weighted by Gasteiger charge is -2.47. The summed E-state index contributed by atoms with van der Waals surface area (Å²) in [5, 5.41) is 21.0. The highest BCUT2D eigenvalue weighted by atomic mass is 32.2. The van der Waals surface area contributed by atoms with E-state index < -0.39 is 43.1 Å². The van der Waals surface area contributed by atoms with E-state index in [1.807, 2.05) is 51.1 Å². The lowest BCUT2D eigenvalue weighted by Crippen LogP contribution is -2.60. The number of aliphatic hydroxyl groups excluding tert-OH is 1. The molecule has 2 aliphatic rings. The lowest BCUT2D eigenvalue weighted by molar-refractivity contribution is -0.149. The quantitative estimate of drug-likeness (QED) is 0.0830. The van der Waals surface area contributed by atoms with Crippen molar-refractivity contribution in [1.82, 2.24) is 20.6 Å². The number of aliphatic hydroxyl groups is 1. The predicted molar refractivity (Wildman–Crippen MR) is 213 cm³/mol. The Balaban J connectivity index is 1.56. The molecular formula is C40H61N4O8PS. The third-order valence-corrected chi connectivity index (χ3v) is 12.8. The molecule has 4 N–H and O–H groups in total. The molecule has 1 saturated heterocycles. The minimum absolute atomic E-state index is 0.0307. The summed E-state index contributed by atoms with van der Waals surface area (Å²) in [5.41, 5.74) is 0.304. The molecule has 14 heteroatoms. The Morgan fingerprint density at radius 2 is 1.70 bits per heavy atom. The van der Waals surface area contributed by atoms with Gasteiger partial charge < -0.3 is 29.7 Å². The van der Waals surface area contributed by atoms with E-state index in [-0.39, 0.29) is 42.3 Å². The number of rotatable bonds is 17. The second-order valence-corrected chi connectivity index (χ2v) is 19.1. The molecule has 0 spiro atoms. The number of carbonyl (C=O) groups is 3. The molecule has 2 fully saturated rings. The number of nitrogens with zero attached hydrogens (tertiary/aromatic N) is 1. The molecule has 1 heterocycles. The number of fused-ring (bicyclic) bond motifs is 1. The van der Waals surface area contributed by atoms with Crippen LogP contribution >= 0.6 is 19.3 Å². The molecule has 7 atom stereocenters. The van der Waals surface area contributed by atoms with E-state index >= 15 is 0 Å². The first-order valence-electron chi connectivity index (χ1n) is 19.1. The molecule has 300 valence electrons. The van der Waals surface area contributed by atoms with Gasteiger partial charge in [-0.3, -0.25) is 23.8 Å². The van der Waals surface area contributed by atoms with Crippen LogP contribution in [0.5, 0.6) is 5.75 Å². The summed E-state index contributed by atoms with van der Waals surface area (Å²) in [6.07, 6.45) is 3.66. The predicted octanol–water partition coefficient (Wildman–Crippen LogP) is 6.15. The highest BCUT2D eigenvalue weighted by molar-refractivity contribution is 7.99. The van der Waals surface area contributed by atoms with Gasteiger partial charge in [0.1, 0.15) is 18.1 Å². The van der Waals surface area contributed by atoms with Crippen molar-refractivity contribution in [3.05, 3.63) is 59.7 Å². The van der Waals surface area contributed by atoms with Gasteiger partial charge in [-0.2, -0.15) is 0 Å². The Morgan fingerprint density at radius 3 is 2.35 bits per heavy atom. The number of ether oxygens (including phenoxy) is 2.